The quantitative estimate of drug-likeness (QED) is 0.516. The predicted molar refractivity (Wildman–Crippen MR) is 79.2 cm³/mol. The summed E-state index contributed by atoms with van der Waals surface area (Å²) in [5.41, 5.74) is 0. The van der Waals surface area contributed by atoms with Crippen LogP contribution in [0.4, 0.5) is 0 Å². The van der Waals surface area contributed by atoms with Crippen LogP contribution in [0.5, 0.6) is 0 Å². The summed E-state index contributed by atoms with van der Waals surface area (Å²) in [6.07, 6.45) is 2.21. The van der Waals surface area contributed by atoms with E-state index in [0.29, 0.717) is 12.2 Å². The molecule has 0 aliphatic heterocycles. The van der Waals surface area contributed by atoms with Gasteiger partial charge in [0.05, 0.1) is 11.7 Å². The zero-order chi connectivity index (χ0) is 15.8. The van der Waals surface area contributed by atoms with Crippen LogP contribution < -0.4 is 10.0 Å². The fourth-order valence-corrected chi connectivity index (χ4v) is 2.54. The van der Waals surface area contributed by atoms with Crippen molar-refractivity contribution in [1.82, 2.24) is 10.0 Å². The fourth-order valence-electron chi connectivity index (χ4n) is 1.24. The number of rotatable bonds is 10. The third-order valence-electron chi connectivity index (χ3n) is 2.63. The number of carbonyl (C=O) groups is 2. The Morgan fingerprint density at radius 2 is 1.95 bits per heavy atom. The summed E-state index contributed by atoms with van der Waals surface area (Å²) in [6.45, 7) is 2.92. The molecule has 7 nitrogen and oxygen atoms in total. The van der Waals surface area contributed by atoms with E-state index >= 15 is 0 Å². The number of sulfonamides is 1. The molecule has 0 bridgehead atoms. The molecule has 2 unspecified atom stereocenters. The Balaban J connectivity index is 4.60. The number of thioether (sulfide) groups is 1. The molecule has 0 rings (SSSR count). The SMILES string of the molecule is CCS(=O)(=O)NC(CCSC)C(=O)NCC(C)C(=O)O. The highest BCUT2D eigenvalue weighted by Crippen LogP contribution is 2.03. The molecular weight excluding hydrogens is 304 g/mol. The number of amides is 1. The van der Waals surface area contributed by atoms with E-state index in [1.165, 1.54) is 25.6 Å². The Morgan fingerprint density at radius 3 is 2.40 bits per heavy atom. The van der Waals surface area contributed by atoms with Gasteiger partial charge in [0, 0.05) is 6.54 Å². The average Bonchev–Trinajstić information content (AvgIpc) is 2.40. The van der Waals surface area contributed by atoms with E-state index in [1.807, 2.05) is 6.26 Å². The van der Waals surface area contributed by atoms with Gasteiger partial charge in [-0.2, -0.15) is 11.8 Å². The maximum atomic E-state index is 11.9. The van der Waals surface area contributed by atoms with Crippen molar-refractivity contribution in [3.05, 3.63) is 0 Å². The van der Waals surface area contributed by atoms with Crippen molar-refractivity contribution in [3.63, 3.8) is 0 Å². The highest BCUT2D eigenvalue weighted by Gasteiger charge is 2.24. The van der Waals surface area contributed by atoms with Crippen LogP contribution in [-0.2, 0) is 19.6 Å². The van der Waals surface area contributed by atoms with Gasteiger partial charge in [-0.1, -0.05) is 6.92 Å². The molecule has 118 valence electrons. The van der Waals surface area contributed by atoms with Crippen molar-refractivity contribution in [3.8, 4) is 0 Å². The van der Waals surface area contributed by atoms with Crippen LogP contribution in [-0.4, -0.2) is 55.7 Å². The Kier molecular flexibility index (Phi) is 8.83. The van der Waals surface area contributed by atoms with Crippen molar-refractivity contribution in [2.45, 2.75) is 26.3 Å². The lowest BCUT2D eigenvalue weighted by Gasteiger charge is -2.18. The van der Waals surface area contributed by atoms with Gasteiger partial charge >= 0.3 is 5.97 Å². The second-order valence-corrected chi connectivity index (χ2v) is 7.37. The van der Waals surface area contributed by atoms with E-state index in [-0.39, 0.29) is 12.3 Å². The van der Waals surface area contributed by atoms with E-state index in [9.17, 15) is 18.0 Å². The molecule has 0 aliphatic rings. The van der Waals surface area contributed by atoms with E-state index in [1.54, 1.807) is 0 Å². The lowest BCUT2D eigenvalue weighted by atomic mass is 10.1. The minimum Gasteiger partial charge on any atom is -0.481 e. The Morgan fingerprint density at radius 1 is 1.35 bits per heavy atom. The number of aliphatic carboxylic acids is 1. The van der Waals surface area contributed by atoms with Gasteiger partial charge in [0.25, 0.3) is 0 Å². The third-order valence-corrected chi connectivity index (χ3v) is 4.68. The monoisotopic (exact) mass is 326 g/mol. The maximum Gasteiger partial charge on any atom is 0.308 e. The molecule has 0 fully saturated rings. The zero-order valence-corrected chi connectivity index (χ0v) is 13.5. The zero-order valence-electron chi connectivity index (χ0n) is 11.9. The molecule has 0 aromatic heterocycles. The van der Waals surface area contributed by atoms with Gasteiger partial charge in [-0.15, -0.1) is 0 Å². The second kappa shape index (κ2) is 9.19. The molecule has 9 heteroatoms. The average molecular weight is 326 g/mol. The number of carboxylic acids is 1. The van der Waals surface area contributed by atoms with Gasteiger partial charge in [-0.25, -0.2) is 13.1 Å². The standard InChI is InChI=1S/C11H22N2O5S2/c1-4-20(17,18)13-9(5-6-19-3)10(14)12-7-8(2)11(15)16/h8-9,13H,4-7H2,1-3H3,(H,12,14)(H,15,16). The van der Waals surface area contributed by atoms with E-state index in [0.717, 1.165) is 0 Å². The minimum absolute atomic E-state index is 0.0300. The number of hydrogen-bond acceptors (Lipinski definition) is 5. The normalized spacial score (nSPS) is 14.6. The summed E-state index contributed by atoms with van der Waals surface area (Å²) in [5, 5.41) is 11.2. The van der Waals surface area contributed by atoms with Crippen LogP contribution >= 0.6 is 11.8 Å². The number of hydrogen-bond donors (Lipinski definition) is 3. The van der Waals surface area contributed by atoms with Crippen LogP contribution in [0, 0.1) is 5.92 Å². The molecule has 0 aromatic rings. The smallest absolute Gasteiger partial charge is 0.308 e. The first-order valence-electron chi connectivity index (χ1n) is 6.23. The van der Waals surface area contributed by atoms with Crippen LogP contribution in [0.3, 0.4) is 0 Å². The van der Waals surface area contributed by atoms with Crippen molar-refractivity contribution >= 4 is 33.7 Å². The molecule has 0 saturated heterocycles. The summed E-state index contributed by atoms with van der Waals surface area (Å²) in [5.74, 6) is -1.72. The molecule has 0 aromatic carbocycles. The Hall–Kier alpha value is -0.800. The highest BCUT2D eigenvalue weighted by molar-refractivity contribution is 7.98. The van der Waals surface area contributed by atoms with Crippen LogP contribution in [0.25, 0.3) is 0 Å². The van der Waals surface area contributed by atoms with Crippen LogP contribution in [0.2, 0.25) is 0 Å². The molecule has 0 spiro atoms. The largest absolute Gasteiger partial charge is 0.481 e. The summed E-state index contributed by atoms with van der Waals surface area (Å²) in [4.78, 5) is 22.6. The molecule has 0 saturated carbocycles. The second-order valence-electron chi connectivity index (χ2n) is 4.34. The highest BCUT2D eigenvalue weighted by atomic mass is 32.2. The Labute approximate surface area is 123 Å². The number of carbonyl (C=O) groups excluding carboxylic acids is 1. The molecule has 0 radical (unpaired) electrons. The van der Waals surface area contributed by atoms with Crippen molar-refractivity contribution < 1.29 is 23.1 Å². The predicted octanol–water partition coefficient (Wildman–Crippen LogP) is -0.116. The van der Waals surface area contributed by atoms with Crippen molar-refractivity contribution in [2.24, 2.45) is 5.92 Å². The summed E-state index contributed by atoms with van der Waals surface area (Å²) >= 11 is 1.50. The summed E-state index contributed by atoms with van der Waals surface area (Å²) in [6, 6.07) is -0.867. The Bertz CT molecular complexity index is 425. The third kappa shape index (κ3) is 7.71. The van der Waals surface area contributed by atoms with Crippen LogP contribution in [0.15, 0.2) is 0 Å². The van der Waals surface area contributed by atoms with E-state index < -0.39 is 33.9 Å². The lowest BCUT2D eigenvalue weighted by Crippen LogP contribution is -2.48. The fraction of sp³-hybridized carbons (Fsp3) is 0.818. The van der Waals surface area contributed by atoms with Crippen molar-refractivity contribution in [2.75, 3.05) is 24.3 Å². The summed E-state index contributed by atoms with van der Waals surface area (Å²) < 4.78 is 25.4. The molecule has 2 atom stereocenters. The number of carboxylic acid groups (broad SMARTS) is 1. The minimum atomic E-state index is -3.49. The van der Waals surface area contributed by atoms with Gasteiger partial charge < -0.3 is 10.4 Å². The first kappa shape index (κ1) is 19.2. The van der Waals surface area contributed by atoms with E-state index in [2.05, 4.69) is 10.0 Å². The number of nitrogens with one attached hydrogen (secondary N) is 2. The van der Waals surface area contributed by atoms with Gasteiger partial charge in [0.2, 0.25) is 15.9 Å². The van der Waals surface area contributed by atoms with Gasteiger partial charge in [-0.3, -0.25) is 9.59 Å². The molecule has 3 N–H and O–H groups in total. The van der Waals surface area contributed by atoms with Gasteiger partial charge in [0.1, 0.15) is 6.04 Å². The van der Waals surface area contributed by atoms with E-state index in [4.69, 9.17) is 5.11 Å². The van der Waals surface area contributed by atoms with Gasteiger partial charge in [-0.05, 0) is 25.4 Å². The maximum absolute atomic E-state index is 11.9. The first-order chi connectivity index (χ1) is 9.23. The van der Waals surface area contributed by atoms with Crippen LogP contribution in [0.1, 0.15) is 20.3 Å². The molecule has 0 aliphatic carbocycles. The summed E-state index contributed by atoms with van der Waals surface area (Å²) in [7, 11) is -3.49. The molecule has 0 heterocycles. The first-order valence-corrected chi connectivity index (χ1v) is 9.27. The molecular formula is C11H22N2O5S2. The molecule has 20 heavy (non-hydrogen) atoms. The topological polar surface area (TPSA) is 113 Å². The van der Waals surface area contributed by atoms with Crippen molar-refractivity contribution in [1.29, 1.82) is 0 Å². The van der Waals surface area contributed by atoms with Gasteiger partial charge in [0.15, 0.2) is 0 Å². The lowest BCUT2D eigenvalue weighted by molar-refractivity contribution is -0.141. The molecule has 1 amide bonds.